The van der Waals surface area contributed by atoms with Crippen LogP contribution in [0.1, 0.15) is 16.8 Å². The van der Waals surface area contributed by atoms with Crippen molar-refractivity contribution < 1.29 is 9.90 Å². The molecule has 0 aliphatic heterocycles. The fourth-order valence-electron chi connectivity index (χ4n) is 1.97. The summed E-state index contributed by atoms with van der Waals surface area (Å²) in [6.07, 6.45) is 0. The van der Waals surface area contributed by atoms with Gasteiger partial charge in [0.15, 0.2) is 5.16 Å². The van der Waals surface area contributed by atoms with Crippen LogP contribution in [-0.4, -0.2) is 26.8 Å². The number of aliphatic carboxylic acids is 1. The van der Waals surface area contributed by atoms with Crippen molar-refractivity contribution in [2.45, 2.75) is 25.9 Å². The van der Waals surface area contributed by atoms with Crippen molar-refractivity contribution in [2.24, 2.45) is 0 Å². The molecule has 1 N–H and O–H groups in total. The van der Waals surface area contributed by atoms with E-state index in [1.54, 1.807) is 0 Å². The van der Waals surface area contributed by atoms with Crippen LogP contribution in [0.25, 0.3) is 11.3 Å². The molecule has 1 aromatic carbocycles. The Morgan fingerprint density at radius 3 is 2.60 bits per heavy atom. The molecule has 0 saturated carbocycles. The van der Waals surface area contributed by atoms with Gasteiger partial charge in [-0.3, -0.25) is 4.79 Å². The number of rotatable bonds is 4. The van der Waals surface area contributed by atoms with E-state index >= 15 is 0 Å². The van der Waals surface area contributed by atoms with Crippen molar-refractivity contribution in [3.8, 4) is 11.3 Å². The lowest BCUT2D eigenvalue weighted by molar-refractivity contribution is -0.133. The van der Waals surface area contributed by atoms with Crippen molar-refractivity contribution in [1.82, 2.24) is 9.97 Å². The Hall–Kier alpha value is -1.88. The molecule has 1 aromatic heterocycles. The van der Waals surface area contributed by atoms with E-state index in [2.05, 4.69) is 23.0 Å². The predicted octanol–water partition coefficient (Wildman–Crippen LogP) is 3.25. The quantitative estimate of drug-likeness (QED) is 0.691. The van der Waals surface area contributed by atoms with E-state index in [1.165, 1.54) is 5.56 Å². The number of nitrogens with zero attached hydrogens (tertiary/aromatic N) is 2. The zero-order valence-corrected chi connectivity index (χ0v) is 12.5. The van der Waals surface area contributed by atoms with Gasteiger partial charge in [0.25, 0.3) is 0 Å². The van der Waals surface area contributed by atoms with E-state index in [1.807, 2.05) is 32.0 Å². The largest absolute Gasteiger partial charge is 0.481 e. The molecule has 0 aliphatic rings. The van der Waals surface area contributed by atoms with E-state index in [-0.39, 0.29) is 5.75 Å². The van der Waals surface area contributed by atoms with Crippen LogP contribution in [0.5, 0.6) is 0 Å². The van der Waals surface area contributed by atoms with Crippen molar-refractivity contribution in [1.29, 1.82) is 0 Å². The topological polar surface area (TPSA) is 63.1 Å². The second kappa shape index (κ2) is 6.05. The highest BCUT2D eigenvalue weighted by atomic mass is 32.2. The maximum Gasteiger partial charge on any atom is 0.313 e. The fraction of sp³-hybridized carbons (Fsp3) is 0.267. The van der Waals surface area contributed by atoms with Gasteiger partial charge < -0.3 is 5.11 Å². The zero-order valence-electron chi connectivity index (χ0n) is 11.7. The minimum Gasteiger partial charge on any atom is -0.481 e. The normalized spacial score (nSPS) is 10.6. The van der Waals surface area contributed by atoms with Gasteiger partial charge in [0, 0.05) is 11.3 Å². The fourth-order valence-corrected chi connectivity index (χ4v) is 2.60. The van der Waals surface area contributed by atoms with Gasteiger partial charge in [-0.1, -0.05) is 35.5 Å². The van der Waals surface area contributed by atoms with Crippen LogP contribution in [0.4, 0.5) is 0 Å². The Labute approximate surface area is 122 Å². The molecule has 2 rings (SSSR count). The maximum absolute atomic E-state index is 10.6. The molecular formula is C15H16N2O2S. The summed E-state index contributed by atoms with van der Waals surface area (Å²) in [4.78, 5) is 19.3. The Kier molecular flexibility index (Phi) is 4.39. The number of carboxylic acid groups (broad SMARTS) is 1. The van der Waals surface area contributed by atoms with E-state index in [0.717, 1.165) is 34.3 Å². The smallest absolute Gasteiger partial charge is 0.313 e. The van der Waals surface area contributed by atoms with Gasteiger partial charge in [-0.05, 0) is 32.4 Å². The molecule has 1 heterocycles. The second-order valence-electron chi connectivity index (χ2n) is 4.68. The molecule has 104 valence electrons. The molecule has 0 saturated heterocycles. The number of thioether (sulfide) groups is 1. The molecule has 0 radical (unpaired) electrons. The summed E-state index contributed by atoms with van der Waals surface area (Å²) >= 11 is 1.14. The Balaban J connectivity index is 2.38. The van der Waals surface area contributed by atoms with Crippen LogP contribution in [0.3, 0.4) is 0 Å². The van der Waals surface area contributed by atoms with Gasteiger partial charge >= 0.3 is 5.97 Å². The summed E-state index contributed by atoms with van der Waals surface area (Å²) in [5, 5.41) is 9.23. The van der Waals surface area contributed by atoms with E-state index in [9.17, 15) is 4.79 Å². The van der Waals surface area contributed by atoms with E-state index in [0.29, 0.717) is 5.16 Å². The lowest BCUT2D eigenvalue weighted by Gasteiger charge is -2.08. The number of aryl methyl sites for hydroxylation is 3. The third-order valence-corrected chi connectivity index (χ3v) is 3.65. The predicted molar refractivity (Wildman–Crippen MR) is 80.0 cm³/mol. The van der Waals surface area contributed by atoms with Gasteiger partial charge in [-0.15, -0.1) is 0 Å². The summed E-state index contributed by atoms with van der Waals surface area (Å²) in [7, 11) is 0. The van der Waals surface area contributed by atoms with Crippen LogP contribution >= 0.6 is 11.8 Å². The third kappa shape index (κ3) is 3.57. The summed E-state index contributed by atoms with van der Waals surface area (Å²) in [5.41, 5.74) is 5.08. The highest BCUT2D eigenvalue weighted by Gasteiger charge is 2.09. The van der Waals surface area contributed by atoms with E-state index in [4.69, 9.17) is 5.11 Å². The minimum atomic E-state index is -0.867. The van der Waals surface area contributed by atoms with Crippen LogP contribution in [0, 0.1) is 20.8 Å². The standard InChI is InChI=1S/C15H16N2O2S/c1-9-4-5-12(10(2)6-9)13-7-11(3)16-15(17-13)20-8-14(18)19/h4-7H,8H2,1-3H3,(H,18,19). The Morgan fingerprint density at radius 1 is 1.20 bits per heavy atom. The second-order valence-corrected chi connectivity index (χ2v) is 5.62. The van der Waals surface area contributed by atoms with Gasteiger partial charge in [-0.25, -0.2) is 9.97 Å². The van der Waals surface area contributed by atoms with Gasteiger partial charge in [-0.2, -0.15) is 0 Å². The van der Waals surface area contributed by atoms with Crippen molar-refractivity contribution in [2.75, 3.05) is 5.75 Å². The third-order valence-electron chi connectivity index (χ3n) is 2.82. The van der Waals surface area contributed by atoms with Crippen LogP contribution < -0.4 is 0 Å². The monoisotopic (exact) mass is 288 g/mol. The number of hydrogen-bond donors (Lipinski definition) is 1. The average molecular weight is 288 g/mol. The molecule has 0 fully saturated rings. The SMILES string of the molecule is Cc1ccc(-c2cc(C)nc(SCC(=O)O)n2)c(C)c1. The maximum atomic E-state index is 10.6. The molecule has 4 nitrogen and oxygen atoms in total. The first-order valence-corrected chi connectivity index (χ1v) is 7.22. The number of hydrogen-bond acceptors (Lipinski definition) is 4. The lowest BCUT2D eigenvalue weighted by Crippen LogP contribution is -2.01. The molecule has 20 heavy (non-hydrogen) atoms. The summed E-state index contributed by atoms with van der Waals surface area (Å²) in [6, 6.07) is 8.11. The van der Waals surface area contributed by atoms with Gasteiger partial charge in [0.05, 0.1) is 11.4 Å². The molecule has 0 amide bonds. The number of carboxylic acids is 1. The first kappa shape index (κ1) is 14.5. The van der Waals surface area contributed by atoms with Crippen LogP contribution in [0.15, 0.2) is 29.4 Å². The van der Waals surface area contributed by atoms with E-state index < -0.39 is 5.97 Å². The number of carbonyl (C=O) groups is 1. The van der Waals surface area contributed by atoms with Crippen LogP contribution in [0.2, 0.25) is 0 Å². The minimum absolute atomic E-state index is 0.0320. The highest BCUT2D eigenvalue weighted by Crippen LogP contribution is 2.25. The van der Waals surface area contributed by atoms with Crippen LogP contribution in [-0.2, 0) is 4.79 Å². The Bertz CT molecular complexity index is 656. The lowest BCUT2D eigenvalue weighted by atomic mass is 10.0. The highest BCUT2D eigenvalue weighted by molar-refractivity contribution is 7.99. The summed E-state index contributed by atoms with van der Waals surface area (Å²) in [6.45, 7) is 5.99. The average Bonchev–Trinajstić information content (AvgIpc) is 2.35. The molecule has 0 unspecified atom stereocenters. The van der Waals surface area contributed by atoms with Crippen molar-refractivity contribution >= 4 is 17.7 Å². The molecule has 0 aliphatic carbocycles. The summed E-state index contributed by atoms with van der Waals surface area (Å²) in [5.74, 6) is -0.899. The molecule has 0 atom stereocenters. The first-order chi connectivity index (χ1) is 9.45. The Morgan fingerprint density at radius 2 is 1.95 bits per heavy atom. The van der Waals surface area contributed by atoms with Gasteiger partial charge in [0.1, 0.15) is 0 Å². The van der Waals surface area contributed by atoms with Gasteiger partial charge in [0.2, 0.25) is 0 Å². The number of benzene rings is 1. The molecule has 5 heteroatoms. The molecule has 0 spiro atoms. The first-order valence-electron chi connectivity index (χ1n) is 6.23. The van der Waals surface area contributed by atoms with Crippen molar-refractivity contribution in [3.05, 3.63) is 41.1 Å². The van der Waals surface area contributed by atoms with Crippen molar-refractivity contribution in [3.63, 3.8) is 0 Å². The summed E-state index contributed by atoms with van der Waals surface area (Å²) < 4.78 is 0. The zero-order chi connectivity index (χ0) is 14.7. The number of aromatic nitrogens is 2. The molecular weight excluding hydrogens is 272 g/mol. The molecule has 0 bridgehead atoms. The molecule has 2 aromatic rings.